The maximum Gasteiger partial charge on any atom is 0.319 e. The van der Waals surface area contributed by atoms with Crippen molar-refractivity contribution >= 4 is 17.0 Å². The van der Waals surface area contributed by atoms with Crippen molar-refractivity contribution < 1.29 is 13.9 Å². The molecule has 2 aromatic rings. The number of carbonyl (C=O) groups is 1. The second kappa shape index (κ2) is 4.29. The molecular weight excluding hydrogens is 271 g/mol. The second-order valence-corrected chi connectivity index (χ2v) is 5.97. The Morgan fingerprint density at radius 3 is 2.86 bits per heavy atom. The summed E-state index contributed by atoms with van der Waals surface area (Å²) in [4.78, 5) is 17.0. The van der Waals surface area contributed by atoms with Gasteiger partial charge < -0.3 is 9.30 Å². The number of imidazole rings is 1. The maximum atomic E-state index is 13.6. The van der Waals surface area contributed by atoms with Crippen LogP contribution in [0.5, 0.6) is 0 Å². The van der Waals surface area contributed by atoms with E-state index in [1.165, 1.54) is 12.1 Å². The summed E-state index contributed by atoms with van der Waals surface area (Å²) in [6, 6.07) is 4.97. The van der Waals surface area contributed by atoms with E-state index in [9.17, 15) is 9.18 Å². The Kier molecular flexibility index (Phi) is 2.62. The van der Waals surface area contributed by atoms with Gasteiger partial charge in [0, 0.05) is 6.04 Å². The van der Waals surface area contributed by atoms with Crippen LogP contribution in [0.4, 0.5) is 4.39 Å². The lowest BCUT2D eigenvalue weighted by Crippen LogP contribution is -2.27. The number of benzene rings is 1. The van der Waals surface area contributed by atoms with Crippen molar-refractivity contribution in [2.45, 2.75) is 44.1 Å². The third kappa shape index (κ3) is 1.87. The number of nitrogens with zero attached hydrogens (tertiary/aromatic N) is 2. The molecule has 0 amide bonds. The third-order valence-corrected chi connectivity index (χ3v) is 4.41. The first-order chi connectivity index (χ1) is 10.2. The van der Waals surface area contributed by atoms with Crippen LogP contribution < -0.4 is 0 Å². The highest BCUT2D eigenvalue weighted by molar-refractivity contribution is 5.88. The Morgan fingerprint density at radius 1 is 1.48 bits per heavy atom. The molecule has 21 heavy (non-hydrogen) atoms. The number of ether oxygens (including phenoxy) is 1. The van der Waals surface area contributed by atoms with E-state index < -0.39 is 5.41 Å². The molecule has 0 bridgehead atoms. The zero-order valence-corrected chi connectivity index (χ0v) is 11.9. The van der Waals surface area contributed by atoms with E-state index >= 15 is 0 Å². The number of hydrogen-bond acceptors (Lipinski definition) is 3. The standard InChI is InChI=1S/C16H17FN2O2/c1-2-21-15(20)16(7-8-16)14-18-12-6-3-10(17)9-13(12)19(14)11-4-5-11/h3,6,9,11H,2,4-5,7-8H2,1H3. The Bertz CT molecular complexity index is 729. The molecule has 1 aromatic heterocycles. The fourth-order valence-corrected chi connectivity index (χ4v) is 3.02. The fourth-order valence-electron chi connectivity index (χ4n) is 3.02. The van der Waals surface area contributed by atoms with Crippen LogP contribution >= 0.6 is 0 Å². The molecule has 2 aliphatic rings. The van der Waals surface area contributed by atoms with E-state index in [2.05, 4.69) is 9.55 Å². The van der Waals surface area contributed by atoms with Gasteiger partial charge in [0.1, 0.15) is 17.1 Å². The van der Waals surface area contributed by atoms with E-state index in [0.717, 1.165) is 42.5 Å². The van der Waals surface area contributed by atoms with Gasteiger partial charge in [-0.2, -0.15) is 0 Å². The Balaban J connectivity index is 1.89. The smallest absolute Gasteiger partial charge is 0.319 e. The van der Waals surface area contributed by atoms with Crippen LogP contribution in [0.1, 0.15) is 44.5 Å². The first-order valence-corrected chi connectivity index (χ1v) is 7.51. The summed E-state index contributed by atoms with van der Waals surface area (Å²) in [6.45, 7) is 2.19. The van der Waals surface area contributed by atoms with Crippen molar-refractivity contribution in [1.29, 1.82) is 0 Å². The molecule has 0 aliphatic heterocycles. The van der Waals surface area contributed by atoms with Crippen molar-refractivity contribution in [1.82, 2.24) is 9.55 Å². The van der Waals surface area contributed by atoms with E-state index in [0.29, 0.717) is 12.6 Å². The van der Waals surface area contributed by atoms with Crippen molar-refractivity contribution in [2.75, 3.05) is 6.61 Å². The van der Waals surface area contributed by atoms with Crippen molar-refractivity contribution in [3.05, 3.63) is 29.8 Å². The number of fused-ring (bicyclic) bond motifs is 1. The summed E-state index contributed by atoms with van der Waals surface area (Å²) < 4.78 is 20.9. The van der Waals surface area contributed by atoms with Crippen LogP contribution in [0.25, 0.3) is 11.0 Å². The zero-order valence-electron chi connectivity index (χ0n) is 11.9. The largest absolute Gasteiger partial charge is 0.465 e. The topological polar surface area (TPSA) is 44.1 Å². The predicted octanol–water partition coefficient (Wildman–Crippen LogP) is 3.11. The summed E-state index contributed by atoms with van der Waals surface area (Å²) in [5.41, 5.74) is 0.950. The molecule has 0 unspecified atom stereocenters. The Hall–Kier alpha value is -1.91. The van der Waals surface area contributed by atoms with Crippen LogP contribution in [0.3, 0.4) is 0 Å². The molecule has 1 heterocycles. The molecule has 0 spiro atoms. The molecule has 4 rings (SSSR count). The van der Waals surface area contributed by atoms with Gasteiger partial charge >= 0.3 is 5.97 Å². The zero-order chi connectivity index (χ0) is 14.6. The predicted molar refractivity (Wildman–Crippen MR) is 75.5 cm³/mol. The highest BCUT2D eigenvalue weighted by Crippen LogP contribution is 2.52. The second-order valence-electron chi connectivity index (χ2n) is 5.97. The van der Waals surface area contributed by atoms with Crippen LogP contribution in [-0.4, -0.2) is 22.1 Å². The summed E-state index contributed by atoms with van der Waals surface area (Å²) >= 11 is 0. The number of esters is 1. The van der Waals surface area contributed by atoms with Crippen LogP contribution in [-0.2, 0) is 14.9 Å². The summed E-state index contributed by atoms with van der Waals surface area (Å²) in [6.07, 6.45) is 3.66. The molecule has 0 saturated heterocycles. The van der Waals surface area contributed by atoms with Gasteiger partial charge in [-0.25, -0.2) is 9.37 Å². The normalized spacial score (nSPS) is 19.7. The van der Waals surface area contributed by atoms with Crippen LogP contribution in [0.2, 0.25) is 0 Å². The molecular formula is C16H17FN2O2. The minimum atomic E-state index is -0.603. The van der Waals surface area contributed by atoms with Gasteiger partial charge in [-0.1, -0.05) is 0 Å². The number of hydrogen-bond donors (Lipinski definition) is 0. The quantitative estimate of drug-likeness (QED) is 0.812. The third-order valence-electron chi connectivity index (χ3n) is 4.41. The minimum Gasteiger partial charge on any atom is -0.465 e. The fraction of sp³-hybridized carbons (Fsp3) is 0.500. The Morgan fingerprint density at radius 2 is 2.24 bits per heavy atom. The number of carbonyl (C=O) groups excluding carboxylic acids is 1. The summed E-state index contributed by atoms with van der Waals surface area (Å²) in [5, 5.41) is 0. The summed E-state index contributed by atoms with van der Waals surface area (Å²) in [7, 11) is 0. The molecule has 0 N–H and O–H groups in total. The highest BCUT2D eigenvalue weighted by atomic mass is 19.1. The molecule has 2 saturated carbocycles. The number of rotatable bonds is 4. The van der Waals surface area contributed by atoms with Crippen LogP contribution in [0, 0.1) is 5.82 Å². The first kappa shape index (κ1) is 12.8. The molecule has 2 aliphatic carbocycles. The molecule has 0 atom stereocenters. The Labute approximate surface area is 121 Å². The van der Waals surface area contributed by atoms with Crippen LogP contribution in [0.15, 0.2) is 18.2 Å². The lowest BCUT2D eigenvalue weighted by atomic mass is 10.1. The summed E-state index contributed by atoms with van der Waals surface area (Å²) in [5.74, 6) is 0.309. The first-order valence-electron chi connectivity index (χ1n) is 7.51. The van der Waals surface area contributed by atoms with E-state index in [1.54, 1.807) is 6.07 Å². The van der Waals surface area contributed by atoms with E-state index in [1.807, 2.05) is 6.92 Å². The lowest BCUT2D eigenvalue weighted by molar-refractivity contribution is -0.146. The molecule has 1 aromatic carbocycles. The monoisotopic (exact) mass is 288 g/mol. The SMILES string of the molecule is CCOC(=O)C1(c2nc3ccc(F)cc3n2C2CC2)CC1. The highest BCUT2D eigenvalue weighted by Gasteiger charge is 2.57. The van der Waals surface area contributed by atoms with Crippen molar-refractivity contribution in [3.8, 4) is 0 Å². The van der Waals surface area contributed by atoms with Gasteiger partial charge in [-0.15, -0.1) is 0 Å². The molecule has 110 valence electrons. The van der Waals surface area contributed by atoms with Gasteiger partial charge in [-0.05, 0) is 50.8 Å². The molecule has 4 nitrogen and oxygen atoms in total. The molecule has 0 radical (unpaired) electrons. The van der Waals surface area contributed by atoms with Gasteiger partial charge in [0.2, 0.25) is 0 Å². The van der Waals surface area contributed by atoms with E-state index in [-0.39, 0.29) is 11.8 Å². The van der Waals surface area contributed by atoms with Gasteiger partial charge in [0.15, 0.2) is 0 Å². The molecule has 5 heteroatoms. The van der Waals surface area contributed by atoms with Gasteiger partial charge in [-0.3, -0.25) is 4.79 Å². The van der Waals surface area contributed by atoms with Crippen molar-refractivity contribution in [2.24, 2.45) is 0 Å². The van der Waals surface area contributed by atoms with Gasteiger partial charge in [0.05, 0.1) is 17.6 Å². The molecule has 2 fully saturated rings. The number of halogens is 1. The lowest BCUT2D eigenvalue weighted by Gasteiger charge is -2.15. The average Bonchev–Trinajstić information content (AvgIpc) is 3.36. The van der Waals surface area contributed by atoms with Gasteiger partial charge in [0.25, 0.3) is 0 Å². The maximum absolute atomic E-state index is 13.6. The minimum absolute atomic E-state index is 0.192. The average molecular weight is 288 g/mol. The van der Waals surface area contributed by atoms with E-state index in [4.69, 9.17) is 4.74 Å². The van der Waals surface area contributed by atoms with Crippen molar-refractivity contribution in [3.63, 3.8) is 0 Å². The number of aromatic nitrogens is 2.